The van der Waals surface area contributed by atoms with Gasteiger partial charge in [0.1, 0.15) is 0 Å². The zero-order chi connectivity index (χ0) is 8.53. The Kier molecular flexibility index (Phi) is 7.89. The Balaban J connectivity index is 2.80. The van der Waals surface area contributed by atoms with Crippen LogP contribution in [0, 0.1) is 0 Å². The molecular weight excluding hydrogens is 144 g/mol. The molecular formula is C8H18O3. The molecule has 1 atom stereocenters. The van der Waals surface area contributed by atoms with Crippen LogP contribution in [0.25, 0.3) is 0 Å². The first-order valence-electron chi connectivity index (χ1n) is 4.14. The number of unbranched alkanes of at least 4 members (excludes halogenated alkanes) is 1. The average Bonchev–Trinajstić information content (AvgIpc) is 1.96. The first-order chi connectivity index (χ1) is 5.27. The van der Waals surface area contributed by atoms with Gasteiger partial charge in [-0.3, -0.25) is 0 Å². The van der Waals surface area contributed by atoms with Crippen LogP contribution in [-0.4, -0.2) is 31.2 Å². The van der Waals surface area contributed by atoms with Crippen LogP contribution in [0.4, 0.5) is 0 Å². The smallest absolute Gasteiger partial charge is 0.151 e. The van der Waals surface area contributed by atoms with Crippen molar-refractivity contribution < 1.29 is 14.6 Å². The predicted octanol–water partition coefficient (Wildman–Crippen LogP) is 1.16. The molecule has 11 heavy (non-hydrogen) atoms. The van der Waals surface area contributed by atoms with Crippen molar-refractivity contribution in [2.45, 2.75) is 33.0 Å². The summed E-state index contributed by atoms with van der Waals surface area (Å²) in [6.07, 6.45) is 1.57. The molecule has 1 N–H and O–H groups in total. The van der Waals surface area contributed by atoms with Gasteiger partial charge < -0.3 is 14.6 Å². The summed E-state index contributed by atoms with van der Waals surface area (Å²) in [6, 6.07) is 0. The van der Waals surface area contributed by atoms with Gasteiger partial charge in [-0.1, -0.05) is 13.3 Å². The van der Waals surface area contributed by atoms with Crippen LogP contribution in [0.3, 0.4) is 0 Å². The second-order valence-corrected chi connectivity index (χ2v) is 2.44. The monoisotopic (exact) mass is 162 g/mol. The van der Waals surface area contributed by atoms with E-state index in [2.05, 4.69) is 6.92 Å². The van der Waals surface area contributed by atoms with Crippen LogP contribution in [0.15, 0.2) is 0 Å². The molecule has 68 valence electrons. The summed E-state index contributed by atoms with van der Waals surface area (Å²) in [6.45, 7) is 5.55. The third-order valence-corrected chi connectivity index (χ3v) is 1.23. The molecule has 0 spiro atoms. The van der Waals surface area contributed by atoms with E-state index < -0.39 is 6.29 Å². The van der Waals surface area contributed by atoms with Gasteiger partial charge in [0.2, 0.25) is 0 Å². The largest absolute Gasteiger partial charge is 0.379 e. The van der Waals surface area contributed by atoms with Crippen LogP contribution in [0.5, 0.6) is 0 Å². The molecule has 0 aliphatic heterocycles. The second kappa shape index (κ2) is 7.98. The SMILES string of the molecule is CCCCOCCOC(C)O. The topological polar surface area (TPSA) is 38.7 Å². The number of hydrogen-bond acceptors (Lipinski definition) is 3. The van der Waals surface area contributed by atoms with Crippen molar-refractivity contribution in [2.24, 2.45) is 0 Å². The number of aliphatic hydroxyl groups is 1. The summed E-state index contributed by atoms with van der Waals surface area (Å²) >= 11 is 0. The quantitative estimate of drug-likeness (QED) is 0.451. The molecule has 1 unspecified atom stereocenters. The molecule has 0 saturated heterocycles. The number of rotatable bonds is 7. The fourth-order valence-corrected chi connectivity index (χ4v) is 0.626. The molecule has 0 rings (SSSR count). The molecule has 0 heterocycles. The van der Waals surface area contributed by atoms with E-state index in [1.165, 1.54) is 0 Å². The van der Waals surface area contributed by atoms with E-state index >= 15 is 0 Å². The maximum absolute atomic E-state index is 8.68. The molecule has 0 saturated carbocycles. The Bertz CT molecular complexity index is 73.7. The minimum absolute atomic E-state index is 0.474. The minimum Gasteiger partial charge on any atom is -0.379 e. The third kappa shape index (κ3) is 9.88. The van der Waals surface area contributed by atoms with Crippen molar-refractivity contribution >= 4 is 0 Å². The molecule has 0 aromatic carbocycles. The normalized spacial score (nSPS) is 13.4. The van der Waals surface area contributed by atoms with E-state index in [4.69, 9.17) is 14.6 Å². The Morgan fingerprint density at radius 3 is 2.55 bits per heavy atom. The summed E-state index contributed by atoms with van der Waals surface area (Å²) in [5.41, 5.74) is 0. The number of aliphatic hydroxyl groups excluding tert-OH is 1. The molecule has 3 nitrogen and oxygen atoms in total. The van der Waals surface area contributed by atoms with Gasteiger partial charge in [0, 0.05) is 6.61 Å². The second-order valence-electron chi connectivity index (χ2n) is 2.44. The lowest BCUT2D eigenvalue weighted by Crippen LogP contribution is -2.12. The highest BCUT2D eigenvalue weighted by atomic mass is 16.6. The summed E-state index contributed by atoms with van der Waals surface area (Å²) in [5.74, 6) is 0. The van der Waals surface area contributed by atoms with Gasteiger partial charge >= 0.3 is 0 Å². The van der Waals surface area contributed by atoms with Gasteiger partial charge in [-0.2, -0.15) is 0 Å². The Hall–Kier alpha value is -0.120. The Labute approximate surface area is 68.3 Å². The standard InChI is InChI=1S/C8H18O3/c1-3-4-5-10-6-7-11-8(2)9/h8-9H,3-7H2,1-2H3. The van der Waals surface area contributed by atoms with Crippen molar-refractivity contribution in [3.8, 4) is 0 Å². The summed E-state index contributed by atoms with van der Waals surface area (Å²) in [7, 11) is 0. The van der Waals surface area contributed by atoms with Crippen molar-refractivity contribution in [3.63, 3.8) is 0 Å². The van der Waals surface area contributed by atoms with Crippen molar-refractivity contribution in [3.05, 3.63) is 0 Å². The summed E-state index contributed by atoms with van der Waals surface area (Å²) in [4.78, 5) is 0. The lowest BCUT2D eigenvalue weighted by atomic mass is 10.4. The van der Waals surface area contributed by atoms with Crippen LogP contribution in [-0.2, 0) is 9.47 Å². The Morgan fingerprint density at radius 2 is 2.00 bits per heavy atom. The molecule has 0 fully saturated rings. The summed E-state index contributed by atoms with van der Waals surface area (Å²) < 4.78 is 10.0. The van der Waals surface area contributed by atoms with E-state index in [-0.39, 0.29) is 0 Å². The lowest BCUT2D eigenvalue weighted by molar-refractivity contribution is -0.0994. The first-order valence-corrected chi connectivity index (χ1v) is 4.14. The van der Waals surface area contributed by atoms with Crippen molar-refractivity contribution in [1.29, 1.82) is 0 Å². The van der Waals surface area contributed by atoms with Gasteiger partial charge in [0.05, 0.1) is 13.2 Å². The zero-order valence-electron chi connectivity index (χ0n) is 7.38. The van der Waals surface area contributed by atoms with Crippen LogP contribution >= 0.6 is 0 Å². The first kappa shape index (κ1) is 10.9. The lowest BCUT2D eigenvalue weighted by Gasteiger charge is -2.06. The molecule has 0 radical (unpaired) electrons. The Morgan fingerprint density at radius 1 is 1.27 bits per heavy atom. The highest BCUT2D eigenvalue weighted by Crippen LogP contribution is 1.88. The molecule has 0 aliphatic carbocycles. The van der Waals surface area contributed by atoms with E-state index in [0.717, 1.165) is 19.4 Å². The molecule has 0 aliphatic rings. The number of hydrogen-bond donors (Lipinski definition) is 1. The molecule has 0 aromatic rings. The summed E-state index contributed by atoms with van der Waals surface area (Å²) in [5, 5.41) is 8.68. The molecule has 0 aromatic heterocycles. The fraction of sp³-hybridized carbons (Fsp3) is 1.00. The fourth-order valence-electron chi connectivity index (χ4n) is 0.626. The van der Waals surface area contributed by atoms with Gasteiger partial charge in [0.25, 0.3) is 0 Å². The maximum Gasteiger partial charge on any atom is 0.151 e. The van der Waals surface area contributed by atoms with E-state index in [0.29, 0.717) is 13.2 Å². The van der Waals surface area contributed by atoms with E-state index in [1.54, 1.807) is 6.92 Å². The molecule has 3 heteroatoms. The predicted molar refractivity (Wildman–Crippen MR) is 43.4 cm³/mol. The van der Waals surface area contributed by atoms with Crippen molar-refractivity contribution in [2.75, 3.05) is 19.8 Å². The van der Waals surface area contributed by atoms with Gasteiger partial charge in [-0.05, 0) is 13.3 Å². The number of ether oxygens (including phenoxy) is 2. The van der Waals surface area contributed by atoms with Crippen LogP contribution in [0.1, 0.15) is 26.7 Å². The zero-order valence-corrected chi connectivity index (χ0v) is 7.38. The maximum atomic E-state index is 8.68. The van der Waals surface area contributed by atoms with E-state index in [1.807, 2.05) is 0 Å². The highest BCUT2D eigenvalue weighted by Gasteiger charge is 1.93. The van der Waals surface area contributed by atoms with Crippen molar-refractivity contribution in [1.82, 2.24) is 0 Å². The highest BCUT2D eigenvalue weighted by molar-refractivity contribution is 4.33. The van der Waals surface area contributed by atoms with Gasteiger partial charge in [0.15, 0.2) is 6.29 Å². The third-order valence-electron chi connectivity index (χ3n) is 1.23. The van der Waals surface area contributed by atoms with E-state index in [9.17, 15) is 0 Å². The van der Waals surface area contributed by atoms with Gasteiger partial charge in [-0.25, -0.2) is 0 Å². The van der Waals surface area contributed by atoms with Gasteiger partial charge in [-0.15, -0.1) is 0 Å². The minimum atomic E-state index is -0.676. The molecule has 0 bridgehead atoms. The average molecular weight is 162 g/mol. The molecule has 0 amide bonds. The van der Waals surface area contributed by atoms with Crippen LogP contribution < -0.4 is 0 Å². The van der Waals surface area contributed by atoms with Crippen LogP contribution in [0.2, 0.25) is 0 Å².